The minimum absolute atomic E-state index is 0.102. The number of aromatic nitrogens is 3. The van der Waals surface area contributed by atoms with Crippen LogP contribution in [0.3, 0.4) is 0 Å². The molecule has 0 radical (unpaired) electrons. The van der Waals surface area contributed by atoms with Crippen molar-refractivity contribution in [3.8, 4) is 11.4 Å². The maximum absolute atomic E-state index is 13.0. The zero-order valence-electron chi connectivity index (χ0n) is 15.8. The number of carbonyl (C=O) groups excluding carboxylic acids is 1. The summed E-state index contributed by atoms with van der Waals surface area (Å²) in [5.74, 6) is 7.37. The third-order valence-corrected chi connectivity index (χ3v) is 5.50. The highest BCUT2D eigenvalue weighted by Gasteiger charge is 2.20. The molecule has 0 unspecified atom stereocenters. The summed E-state index contributed by atoms with van der Waals surface area (Å²) in [7, 11) is 0. The van der Waals surface area contributed by atoms with Gasteiger partial charge in [-0.25, -0.2) is 4.68 Å². The molecule has 0 fully saturated rings. The van der Waals surface area contributed by atoms with Gasteiger partial charge < -0.3 is 15.2 Å². The summed E-state index contributed by atoms with van der Waals surface area (Å²) in [6.07, 6.45) is 1.59. The Bertz CT molecular complexity index is 1130. The number of amides is 1. The van der Waals surface area contributed by atoms with Crippen molar-refractivity contribution >= 4 is 35.0 Å². The van der Waals surface area contributed by atoms with Crippen molar-refractivity contribution in [2.75, 3.05) is 16.5 Å². The maximum Gasteiger partial charge on any atom is 0.237 e. The van der Waals surface area contributed by atoms with Crippen molar-refractivity contribution < 1.29 is 9.21 Å². The van der Waals surface area contributed by atoms with Gasteiger partial charge in [0.2, 0.25) is 11.1 Å². The Hall–Kier alpha value is -3.23. The van der Waals surface area contributed by atoms with Gasteiger partial charge in [0, 0.05) is 16.3 Å². The molecule has 2 heterocycles. The average Bonchev–Trinajstić information content (AvgIpc) is 3.40. The van der Waals surface area contributed by atoms with E-state index in [1.54, 1.807) is 29.4 Å². The molecule has 0 aliphatic heterocycles. The molecule has 0 saturated carbocycles. The predicted octanol–water partition coefficient (Wildman–Crippen LogP) is 4.23. The van der Waals surface area contributed by atoms with E-state index in [0.29, 0.717) is 28.3 Å². The highest BCUT2D eigenvalue weighted by molar-refractivity contribution is 7.99. The van der Waals surface area contributed by atoms with E-state index in [2.05, 4.69) is 10.2 Å². The van der Waals surface area contributed by atoms with Gasteiger partial charge in [-0.05, 0) is 36.4 Å². The number of para-hydroxylation sites is 1. The van der Waals surface area contributed by atoms with Gasteiger partial charge in [0.05, 0.1) is 18.6 Å². The summed E-state index contributed by atoms with van der Waals surface area (Å²) in [6.45, 7) is 0.333. The summed E-state index contributed by atoms with van der Waals surface area (Å²) in [5.41, 5.74) is 1.53. The molecule has 7 nitrogen and oxygen atoms in total. The number of nitrogen functional groups attached to an aromatic ring is 1. The summed E-state index contributed by atoms with van der Waals surface area (Å²) in [5, 5.41) is 9.27. The number of benzene rings is 2. The Labute approximate surface area is 182 Å². The second kappa shape index (κ2) is 9.06. The number of rotatable bonds is 7. The molecular formula is C21H18ClN5O2S. The Morgan fingerprint density at radius 3 is 2.67 bits per heavy atom. The van der Waals surface area contributed by atoms with Gasteiger partial charge in [0.1, 0.15) is 5.76 Å². The van der Waals surface area contributed by atoms with E-state index in [-0.39, 0.29) is 11.7 Å². The van der Waals surface area contributed by atoms with Crippen LogP contribution in [-0.4, -0.2) is 26.5 Å². The molecule has 2 aromatic carbocycles. The number of thioether (sulfide) groups is 1. The number of nitrogens with two attached hydrogens (primary N) is 1. The summed E-state index contributed by atoms with van der Waals surface area (Å²) < 4.78 is 6.79. The molecule has 4 aromatic rings. The van der Waals surface area contributed by atoms with Gasteiger partial charge in [-0.1, -0.05) is 53.7 Å². The van der Waals surface area contributed by atoms with E-state index in [9.17, 15) is 4.79 Å². The summed E-state index contributed by atoms with van der Waals surface area (Å²) in [4.78, 5) is 14.7. The number of anilines is 1. The lowest BCUT2D eigenvalue weighted by Gasteiger charge is -2.21. The fourth-order valence-electron chi connectivity index (χ4n) is 2.89. The van der Waals surface area contributed by atoms with Crippen LogP contribution in [0.5, 0.6) is 0 Å². The molecule has 4 rings (SSSR count). The first kappa shape index (κ1) is 20.1. The third kappa shape index (κ3) is 4.50. The molecule has 0 saturated heterocycles. The quantitative estimate of drug-likeness (QED) is 0.342. The van der Waals surface area contributed by atoms with E-state index in [1.807, 2.05) is 48.5 Å². The lowest BCUT2D eigenvalue weighted by atomic mass is 10.2. The van der Waals surface area contributed by atoms with Gasteiger partial charge in [-0.15, -0.1) is 10.2 Å². The zero-order valence-corrected chi connectivity index (χ0v) is 17.4. The van der Waals surface area contributed by atoms with Crippen LogP contribution >= 0.6 is 23.4 Å². The molecule has 0 aliphatic rings. The topological polar surface area (TPSA) is 90.2 Å². The summed E-state index contributed by atoms with van der Waals surface area (Å²) in [6, 6.07) is 20.3. The second-order valence-corrected chi connectivity index (χ2v) is 7.75. The van der Waals surface area contributed by atoms with Crippen LogP contribution in [0.2, 0.25) is 5.02 Å². The Kier molecular flexibility index (Phi) is 6.06. The number of hydrogen-bond donors (Lipinski definition) is 1. The largest absolute Gasteiger partial charge is 0.467 e. The number of halogens is 1. The molecular weight excluding hydrogens is 422 g/mol. The van der Waals surface area contributed by atoms with Crippen LogP contribution in [0.15, 0.2) is 82.6 Å². The lowest BCUT2D eigenvalue weighted by molar-refractivity contribution is -0.116. The fraction of sp³-hybridized carbons (Fsp3) is 0.0952. The first-order valence-electron chi connectivity index (χ1n) is 9.09. The first-order chi connectivity index (χ1) is 14.6. The zero-order chi connectivity index (χ0) is 20.9. The number of furan rings is 1. The van der Waals surface area contributed by atoms with Crippen LogP contribution in [0.1, 0.15) is 5.76 Å². The molecule has 0 bridgehead atoms. The number of carbonyl (C=O) groups is 1. The molecule has 9 heteroatoms. The van der Waals surface area contributed by atoms with Crippen molar-refractivity contribution in [2.45, 2.75) is 11.7 Å². The Morgan fingerprint density at radius 1 is 1.10 bits per heavy atom. The number of hydrogen-bond acceptors (Lipinski definition) is 6. The van der Waals surface area contributed by atoms with Crippen molar-refractivity contribution in [2.24, 2.45) is 0 Å². The average molecular weight is 440 g/mol. The van der Waals surface area contributed by atoms with Gasteiger partial charge in [0.15, 0.2) is 5.82 Å². The maximum atomic E-state index is 13.0. The van der Waals surface area contributed by atoms with Crippen LogP contribution in [0, 0.1) is 0 Å². The van der Waals surface area contributed by atoms with Crippen molar-refractivity contribution in [3.05, 3.63) is 83.8 Å². The van der Waals surface area contributed by atoms with Crippen LogP contribution < -0.4 is 10.7 Å². The highest BCUT2D eigenvalue weighted by Crippen LogP contribution is 2.25. The minimum Gasteiger partial charge on any atom is -0.467 e. The SMILES string of the molecule is Nn1c(SCC(=O)N(Cc2ccco2)c2ccccc2)nnc1-c1cccc(Cl)c1. The lowest BCUT2D eigenvalue weighted by Crippen LogP contribution is -2.32. The van der Waals surface area contributed by atoms with E-state index in [0.717, 1.165) is 11.3 Å². The van der Waals surface area contributed by atoms with Gasteiger partial charge in [-0.2, -0.15) is 0 Å². The monoisotopic (exact) mass is 439 g/mol. The van der Waals surface area contributed by atoms with E-state index >= 15 is 0 Å². The highest BCUT2D eigenvalue weighted by atomic mass is 35.5. The van der Waals surface area contributed by atoms with Gasteiger partial charge >= 0.3 is 0 Å². The smallest absolute Gasteiger partial charge is 0.237 e. The fourth-order valence-corrected chi connectivity index (χ4v) is 3.82. The molecule has 1 amide bonds. The molecule has 30 heavy (non-hydrogen) atoms. The molecule has 0 spiro atoms. The van der Waals surface area contributed by atoms with Crippen LogP contribution in [0.25, 0.3) is 11.4 Å². The van der Waals surface area contributed by atoms with Gasteiger partial charge in [0.25, 0.3) is 0 Å². The summed E-state index contributed by atoms with van der Waals surface area (Å²) >= 11 is 7.27. The van der Waals surface area contributed by atoms with Crippen molar-refractivity contribution in [1.82, 2.24) is 14.9 Å². The van der Waals surface area contributed by atoms with Crippen LogP contribution in [-0.2, 0) is 11.3 Å². The molecule has 0 aliphatic carbocycles. The Morgan fingerprint density at radius 2 is 1.93 bits per heavy atom. The van der Waals surface area contributed by atoms with E-state index < -0.39 is 0 Å². The normalized spacial score (nSPS) is 10.8. The second-order valence-electron chi connectivity index (χ2n) is 6.37. The standard InChI is InChI=1S/C21H18ClN5O2S/c22-16-7-4-6-15(12-16)20-24-25-21(27(20)23)30-14-19(28)26(13-18-10-5-11-29-18)17-8-2-1-3-9-17/h1-12H,13-14,23H2. The van der Waals surface area contributed by atoms with E-state index in [1.165, 1.54) is 16.4 Å². The third-order valence-electron chi connectivity index (χ3n) is 4.34. The van der Waals surface area contributed by atoms with Gasteiger partial charge in [-0.3, -0.25) is 4.79 Å². The number of nitrogens with zero attached hydrogens (tertiary/aromatic N) is 4. The first-order valence-corrected chi connectivity index (χ1v) is 10.4. The van der Waals surface area contributed by atoms with Crippen LogP contribution in [0.4, 0.5) is 5.69 Å². The Balaban J connectivity index is 1.50. The predicted molar refractivity (Wildman–Crippen MR) is 118 cm³/mol. The molecule has 2 aromatic heterocycles. The molecule has 152 valence electrons. The molecule has 2 N–H and O–H groups in total. The van der Waals surface area contributed by atoms with Crippen molar-refractivity contribution in [1.29, 1.82) is 0 Å². The van der Waals surface area contributed by atoms with E-state index in [4.69, 9.17) is 21.9 Å². The molecule has 0 atom stereocenters. The minimum atomic E-state index is -0.102. The van der Waals surface area contributed by atoms with Crippen molar-refractivity contribution in [3.63, 3.8) is 0 Å².